The Bertz CT molecular complexity index is 1580. The van der Waals surface area contributed by atoms with Crippen LogP contribution in [0.4, 0.5) is 5.69 Å². The lowest BCUT2D eigenvalue weighted by Crippen LogP contribution is -2.39. The van der Waals surface area contributed by atoms with Crippen LogP contribution in [0, 0.1) is 32.1 Å². The molecule has 0 bridgehead atoms. The molecule has 1 unspecified atom stereocenters. The van der Waals surface area contributed by atoms with Crippen LogP contribution in [-0.2, 0) is 11.4 Å². The van der Waals surface area contributed by atoms with Gasteiger partial charge in [0, 0.05) is 32.9 Å². The van der Waals surface area contributed by atoms with Gasteiger partial charge in [-0.2, -0.15) is 5.26 Å². The number of ether oxygens (including phenoxy) is 1. The monoisotopic (exact) mass is 601 g/mol. The lowest BCUT2D eigenvalue weighted by molar-refractivity contribution is -0.116. The highest BCUT2D eigenvalue weighted by Gasteiger charge is 2.41. The fourth-order valence-electron chi connectivity index (χ4n) is 5.52. The predicted octanol–water partition coefficient (Wildman–Crippen LogP) is 7.91. The minimum Gasteiger partial charge on any atom is -0.489 e. The van der Waals surface area contributed by atoms with E-state index in [-0.39, 0.29) is 5.78 Å². The van der Waals surface area contributed by atoms with E-state index in [1.54, 1.807) is 0 Å². The van der Waals surface area contributed by atoms with E-state index < -0.39 is 5.92 Å². The number of rotatable bonds is 5. The average molecular weight is 603 g/mol. The molecule has 1 atom stereocenters. The maximum atomic E-state index is 13.6. The van der Waals surface area contributed by atoms with Crippen LogP contribution in [0.2, 0.25) is 5.02 Å². The molecule has 5 rings (SSSR count). The Labute approximate surface area is 242 Å². The molecule has 198 valence electrons. The summed E-state index contributed by atoms with van der Waals surface area (Å²) in [7, 11) is 0. The van der Waals surface area contributed by atoms with Crippen molar-refractivity contribution in [3.05, 3.63) is 115 Å². The van der Waals surface area contributed by atoms with Crippen LogP contribution in [0.3, 0.4) is 0 Å². The van der Waals surface area contributed by atoms with Gasteiger partial charge in [-0.25, -0.2) is 0 Å². The molecule has 5 nitrogen and oxygen atoms in total. The molecule has 1 aliphatic heterocycles. The molecule has 0 saturated carbocycles. The van der Waals surface area contributed by atoms with Crippen molar-refractivity contribution in [1.82, 2.24) is 0 Å². The van der Waals surface area contributed by atoms with Crippen molar-refractivity contribution in [2.24, 2.45) is 5.73 Å². The van der Waals surface area contributed by atoms with E-state index >= 15 is 0 Å². The Hall–Kier alpha value is -3.53. The number of allylic oxidation sites excluding steroid dienone is 3. The number of hydrogen-bond acceptors (Lipinski definition) is 5. The minimum absolute atomic E-state index is 0.0540. The number of nitrogens with two attached hydrogens (primary N) is 1. The lowest BCUT2D eigenvalue weighted by atomic mass is 9.73. The smallest absolute Gasteiger partial charge is 0.161 e. The molecule has 1 heterocycles. The normalized spacial score (nSPS) is 17.3. The Morgan fingerprint density at radius 1 is 1.10 bits per heavy atom. The van der Waals surface area contributed by atoms with Gasteiger partial charge in [0.2, 0.25) is 0 Å². The zero-order chi connectivity index (χ0) is 27.8. The predicted molar refractivity (Wildman–Crippen MR) is 159 cm³/mol. The summed E-state index contributed by atoms with van der Waals surface area (Å²) in [5, 5.41) is 11.0. The van der Waals surface area contributed by atoms with Gasteiger partial charge in [-0.3, -0.25) is 9.69 Å². The van der Waals surface area contributed by atoms with Gasteiger partial charge in [0.15, 0.2) is 5.78 Å². The van der Waals surface area contributed by atoms with E-state index in [0.717, 1.165) is 55.8 Å². The second-order valence-electron chi connectivity index (χ2n) is 10.1. The van der Waals surface area contributed by atoms with E-state index in [1.807, 2.05) is 68.1 Å². The first-order valence-electron chi connectivity index (χ1n) is 12.9. The minimum atomic E-state index is -0.540. The van der Waals surface area contributed by atoms with Crippen LogP contribution in [-0.4, -0.2) is 5.78 Å². The molecule has 39 heavy (non-hydrogen) atoms. The maximum absolute atomic E-state index is 13.6. The van der Waals surface area contributed by atoms with Crippen molar-refractivity contribution in [2.75, 3.05) is 4.90 Å². The SMILES string of the molecule is Cc1cc(COc2ccc(Br)cc2)c(C)c(C2C(C#N)=C(N)N(c3ccc(C)c(Cl)c3)C3=C2C(=O)CCC3)c1. The fraction of sp³-hybridized carbons (Fsp3) is 0.250. The van der Waals surface area contributed by atoms with Gasteiger partial charge in [0.05, 0.1) is 17.6 Å². The Balaban J connectivity index is 1.63. The average Bonchev–Trinajstić information content (AvgIpc) is 2.91. The van der Waals surface area contributed by atoms with Crippen molar-refractivity contribution in [3.8, 4) is 11.8 Å². The number of anilines is 1. The van der Waals surface area contributed by atoms with E-state index in [2.05, 4.69) is 34.1 Å². The molecule has 1 aliphatic carbocycles. The molecule has 3 aromatic carbocycles. The molecule has 0 amide bonds. The van der Waals surface area contributed by atoms with E-state index in [4.69, 9.17) is 22.1 Å². The van der Waals surface area contributed by atoms with E-state index in [0.29, 0.717) is 41.4 Å². The number of carbonyl (C=O) groups is 1. The second-order valence-corrected chi connectivity index (χ2v) is 11.5. The first-order valence-corrected chi connectivity index (χ1v) is 14.1. The summed E-state index contributed by atoms with van der Waals surface area (Å²) < 4.78 is 7.08. The van der Waals surface area contributed by atoms with Gasteiger partial charge < -0.3 is 10.5 Å². The van der Waals surface area contributed by atoms with Crippen molar-refractivity contribution in [2.45, 2.75) is 52.6 Å². The van der Waals surface area contributed by atoms with Gasteiger partial charge in [-0.1, -0.05) is 51.3 Å². The first-order chi connectivity index (χ1) is 18.7. The van der Waals surface area contributed by atoms with Crippen molar-refractivity contribution in [1.29, 1.82) is 5.26 Å². The molecule has 2 N–H and O–H groups in total. The molecule has 0 saturated heterocycles. The lowest BCUT2D eigenvalue weighted by Gasteiger charge is -2.40. The summed E-state index contributed by atoms with van der Waals surface area (Å²) in [6, 6.07) is 19.9. The number of nitriles is 1. The van der Waals surface area contributed by atoms with Crippen LogP contribution in [0.15, 0.2) is 81.7 Å². The van der Waals surface area contributed by atoms with Crippen molar-refractivity contribution < 1.29 is 9.53 Å². The number of halogens is 2. The Morgan fingerprint density at radius 2 is 1.85 bits per heavy atom. The topological polar surface area (TPSA) is 79.3 Å². The van der Waals surface area contributed by atoms with Crippen molar-refractivity contribution in [3.63, 3.8) is 0 Å². The Morgan fingerprint density at radius 3 is 2.54 bits per heavy atom. The summed E-state index contributed by atoms with van der Waals surface area (Å²) >= 11 is 9.92. The molecule has 3 aromatic rings. The van der Waals surface area contributed by atoms with Gasteiger partial charge in [-0.15, -0.1) is 0 Å². The van der Waals surface area contributed by atoms with Gasteiger partial charge in [0.1, 0.15) is 18.2 Å². The summed E-state index contributed by atoms with van der Waals surface area (Å²) in [5.41, 5.74) is 14.3. The van der Waals surface area contributed by atoms with Crippen LogP contribution >= 0.6 is 27.5 Å². The standard InChI is InChI=1S/C32H29BrClN3O2/c1-18-13-21(17-39-24-11-8-22(33)9-12-24)20(3)25(14-18)30-26(16-35)32(36)37(23-10-7-19(2)27(34)15-23)28-5-4-6-29(38)31(28)30/h7-15,30H,4-6,17,36H2,1-3H3. The number of aryl methyl sites for hydroxylation is 2. The molecule has 2 aliphatic rings. The third-order valence-electron chi connectivity index (χ3n) is 7.55. The summed E-state index contributed by atoms with van der Waals surface area (Å²) in [6.45, 7) is 6.35. The fourth-order valence-corrected chi connectivity index (χ4v) is 5.96. The molecular formula is C32H29BrClN3O2. The second kappa shape index (κ2) is 10.9. The van der Waals surface area contributed by atoms with Crippen molar-refractivity contribution >= 4 is 39.0 Å². The van der Waals surface area contributed by atoms with E-state index in [1.165, 1.54) is 0 Å². The van der Waals surface area contributed by atoms with Crippen LogP contribution in [0.1, 0.15) is 53.0 Å². The highest BCUT2D eigenvalue weighted by atomic mass is 79.9. The number of nitrogens with zero attached hydrogens (tertiary/aromatic N) is 2. The number of carbonyl (C=O) groups excluding carboxylic acids is 1. The molecule has 7 heteroatoms. The molecular weight excluding hydrogens is 574 g/mol. The summed E-state index contributed by atoms with van der Waals surface area (Å²) in [4.78, 5) is 15.4. The van der Waals surface area contributed by atoms with Crippen LogP contribution < -0.4 is 15.4 Å². The maximum Gasteiger partial charge on any atom is 0.161 e. The summed E-state index contributed by atoms with van der Waals surface area (Å²) in [6.07, 6.45) is 1.86. The van der Waals surface area contributed by atoms with Crippen LogP contribution in [0.5, 0.6) is 5.75 Å². The number of Topliss-reactive ketones (excluding diaryl/α,β-unsaturated/α-hetero) is 1. The third-order valence-corrected chi connectivity index (χ3v) is 8.48. The quantitative estimate of drug-likeness (QED) is 0.321. The van der Waals surface area contributed by atoms with Gasteiger partial charge >= 0.3 is 0 Å². The molecule has 0 spiro atoms. The molecule has 0 radical (unpaired) electrons. The summed E-state index contributed by atoms with van der Waals surface area (Å²) in [5.74, 6) is 0.615. The third kappa shape index (κ3) is 5.09. The Kier molecular flexibility index (Phi) is 7.57. The zero-order valence-electron chi connectivity index (χ0n) is 22.1. The van der Waals surface area contributed by atoms with Crippen LogP contribution in [0.25, 0.3) is 0 Å². The number of benzene rings is 3. The largest absolute Gasteiger partial charge is 0.489 e. The van der Waals surface area contributed by atoms with Gasteiger partial charge in [0.25, 0.3) is 0 Å². The van der Waals surface area contributed by atoms with E-state index in [9.17, 15) is 10.1 Å². The number of hydrogen-bond donors (Lipinski definition) is 1. The molecule has 0 aromatic heterocycles. The molecule has 0 fully saturated rings. The number of ketones is 1. The zero-order valence-corrected chi connectivity index (χ0v) is 24.5. The highest BCUT2D eigenvalue weighted by molar-refractivity contribution is 9.10. The van der Waals surface area contributed by atoms with Gasteiger partial charge in [-0.05, 0) is 92.3 Å². The first kappa shape index (κ1) is 27.1. The highest BCUT2D eigenvalue weighted by Crippen LogP contribution is 2.47.